The SMILES string of the molecule is CC(NC(=O)[C@@H](N)C(C)(C)C)C1CCCCC1. The largest absolute Gasteiger partial charge is 0.352 e. The van der Waals surface area contributed by atoms with E-state index in [0.717, 1.165) is 0 Å². The fourth-order valence-corrected chi connectivity index (χ4v) is 2.46. The van der Waals surface area contributed by atoms with Crippen LogP contribution < -0.4 is 11.1 Å². The Morgan fingerprint density at radius 2 is 1.76 bits per heavy atom. The molecule has 0 spiro atoms. The summed E-state index contributed by atoms with van der Waals surface area (Å²) in [5.74, 6) is 0.635. The van der Waals surface area contributed by atoms with Crippen LogP contribution >= 0.6 is 0 Å². The summed E-state index contributed by atoms with van der Waals surface area (Å²) in [7, 11) is 0. The third kappa shape index (κ3) is 4.30. The van der Waals surface area contributed by atoms with Crippen molar-refractivity contribution >= 4 is 5.91 Å². The Morgan fingerprint density at radius 3 is 2.24 bits per heavy atom. The first-order valence-electron chi connectivity index (χ1n) is 6.88. The first kappa shape index (κ1) is 14.5. The zero-order valence-corrected chi connectivity index (χ0v) is 11.8. The fourth-order valence-electron chi connectivity index (χ4n) is 2.46. The highest BCUT2D eigenvalue weighted by molar-refractivity contribution is 5.82. The van der Waals surface area contributed by atoms with Crippen LogP contribution in [0.15, 0.2) is 0 Å². The number of rotatable bonds is 3. The Kier molecular flexibility index (Phi) is 4.99. The van der Waals surface area contributed by atoms with Crippen molar-refractivity contribution in [2.24, 2.45) is 17.1 Å². The third-order valence-electron chi connectivity index (χ3n) is 3.94. The molecule has 0 aromatic heterocycles. The lowest BCUT2D eigenvalue weighted by Crippen LogP contribution is -2.52. The van der Waals surface area contributed by atoms with Gasteiger partial charge in [0.2, 0.25) is 5.91 Å². The van der Waals surface area contributed by atoms with E-state index in [1.54, 1.807) is 0 Å². The summed E-state index contributed by atoms with van der Waals surface area (Å²) in [6.07, 6.45) is 6.43. The van der Waals surface area contributed by atoms with Gasteiger partial charge >= 0.3 is 0 Å². The van der Waals surface area contributed by atoms with Gasteiger partial charge in [-0.2, -0.15) is 0 Å². The maximum atomic E-state index is 12.0. The molecule has 0 heterocycles. The summed E-state index contributed by atoms with van der Waals surface area (Å²) in [5, 5.41) is 3.09. The highest BCUT2D eigenvalue weighted by Crippen LogP contribution is 2.26. The molecule has 1 aliphatic carbocycles. The zero-order valence-electron chi connectivity index (χ0n) is 11.8. The number of carbonyl (C=O) groups excluding carboxylic acids is 1. The molecule has 0 aromatic rings. The first-order chi connectivity index (χ1) is 7.82. The Morgan fingerprint density at radius 1 is 1.24 bits per heavy atom. The zero-order chi connectivity index (χ0) is 13.1. The molecular formula is C14H28N2O. The maximum absolute atomic E-state index is 12.0. The molecule has 3 heteroatoms. The molecule has 1 aliphatic rings. The van der Waals surface area contributed by atoms with Gasteiger partial charge in [0.15, 0.2) is 0 Å². The number of hydrogen-bond acceptors (Lipinski definition) is 2. The molecule has 100 valence electrons. The van der Waals surface area contributed by atoms with E-state index >= 15 is 0 Å². The van der Waals surface area contributed by atoms with Gasteiger partial charge in [-0.1, -0.05) is 40.0 Å². The van der Waals surface area contributed by atoms with E-state index in [0.29, 0.717) is 5.92 Å². The second-order valence-electron chi connectivity index (χ2n) is 6.54. The van der Waals surface area contributed by atoms with Crippen LogP contribution in [-0.2, 0) is 4.79 Å². The van der Waals surface area contributed by atoms with E-state index in [9.17, 15) is 4.79 Å². The highest BCUT2D eigenvalue weighted by Gasteiger charge is 2.29. The number of hydrogen-bond donors (Lipinski definition) is 2. The monoisotopic (exact) mass is 240 g/mol. The van der Waals surface area contributed by atoms with Crippen LogP contribution in [-0.4, -0.2) is 18.0 Å². The highest BCUT2D eigenvalue weighted by atomic mass is 16.2. The predicted octanol–water partition coefficient (Wildman–Crippen LogP) is 2.44. The second-order valence-corrected chi connectivity index (χ2v) is 6.54. The second kappa shape index (κ2) is 5.85. The van der Waals surface area contributed by atoms with Crippen molar-refractivity contribution in [2.45, 2.75) is 71.9 Å². The third-order valence-corrected chi connectivity index (χ3v) is 3.94. The molecule has 1 saturated carbocycles. The summed E-state index contributed by atoms with van der Waals surface area (Å²) in [5.41, 5.74) is 5.79. The molecule has 2 atom stereocenters. The lowest BCUT2D eigenvalue weighted by molar-refractivity contribution is -0.125. The van der Waals surface area contributed by atoms with Crippen LogP contribution in [0.2, 0.25) is 0 Å². The topological polar surface area (TPSA) is 55.1 Å². The lowest BCUT2D eigenvalue weighted by atomic mass is 9.83. The minimum Gasteiger partial charge on any atom is -0.352 e. The summed E-state index contributed by atoms with van der Waals surface area (Å²) < 4.78 is 0. The molecule has 0 bridgehead atoms. The Balaban J connectivity index is 2.44. The van der Waals surface area contributed by atoms with Gasteiger partial charge in [0.1, 0.15) is 0 Å². The fraction of sp³-hybridized carbons (Fsp3) is 0.929. The summed E-state index contributed by atoms with van der Waals surface area (Å²) in [4.78, 5) is 12.0. The van der Waals surface area contributed by atoms with Crippen LogP contribution in [0, 0.1) is 11.3 Å². The van der Waals surface area contributed by atoms with E-state index in [4.69, 9.17) is 5.73 Å². The molecule has 0 saturated heterocycles. The quantitative estimate of drug-likeness (QED) is 0.796. The van der Waals surface area contributed by atoms with Crippen molar-refractivity contribution in [1.82, 2.24) is 5.32 Å². The van der Waals surface area contributed by atoms with Crippen LogP contribution in [0.1, 0.15) is 59.8 Å². The van der Waals surface area contributed by atoms with Crippen LogP contribution in [0.3, 0.4) is 0 Å². The molecule has 3 N–H and O–H groups in total. The van der Waals surface area contributed by atoms with Gasteiger partial charge in [-0.25, -0.2) is 0 Å². The number of carbonyl (C=O) groups is 1. The molecule has 0 radical (unpaired) electrons. The summed E-state index contributed by atoms with van der Waals surface area (Å²) in [6.45, 7) is 8.12. The van der Waals surface area contributed by atoms with Crippen molar-refractivity contribution in [2.75, 3.05) is 0 Å². The Labute approximate surface area is 106 Å². The predicted molar refractivity (Wildman–Crippen MR) is 71.6 cm³/mol. The normalized spacial score (nSPS) is 21.9. The average Bonchev–Trinajstić information content (AvgIpc) is 2.27. The molecule has 1 unspecified atom stereocenters. The molecule has 1 fully saturated rings. The minimum atomic E-state index is -0.423. The van der Waals surface area contributed by atoms with Crippen molar-refractivity contribution in [3.63, 3.8) is 0 Å². The van der Waals surface area contributed by atoms with Crippen molar-refractivity contribution in [3.8, 4) is 0 Å². The van der Waals surface area contributed by atoms with Crippen molar-refractivity contribution in [1.29, 1.82) is 0 Å². The standard InChI is InChI=1S/C14H28N2O/c1-10(11-8-6-5-7-9-11)16-13(17)12(15)14(2,3)4/h10-12H,5-9,15H2,1-4H3,(H,16,17)/t10?,12-/m1/s1. The van der Waals surface area contributed by atoms with Crippen molar-refractivity contribution in [3.05, 3.63) is 0 Å². The average molecular weight is 240 g/mol. The first-order valence-corrected chi connectivity index (χ1v) is 6.88. The lowest BCUT2D eigenvalue weighted by Gasteiger charge is -2.31. The van der Waals surface area contributed by atoms with Crippen LogP contribution in [0.5, 0.6) is 0 Å². The van der Waals surface area contributed by atoms with Gasteiger partial charge in [-0.15, -0.1) is 0 Å². The number of nitrogens with two attached hydrogens (primary N) is 1. The van der Waals surface area contributed by atoms with Gasteiger partial charge < -0.3 is 11.1 Å². The van der Waals surface area contributed by atoms with Crippen molar-refractivity contribution < 1.29 is 4.79 Å². The van der Waals surface area contributed by atoms with E-state index in [1.807, 2.05) is 20.8 Å². The Hall–Kier alpha value is -0.570. The van der Waals surface area contributed by atoms with Gasteiger partial charge in [0.05, 0.1) is 6.04 Å². The number of amides is 1. The van der Waals surface area contributed by atoms with Gasteiger partial charge in [0.25, 0.3) is 0 Å². The summed E-state index contributed by atoms with van der Waals surface area (Å²) >= 11 is 0. The molecule has 0 aromatic carbocycles. The van der Waals surface area contributed by atoms with Gasteiger partial charge in [-0.05, 0) is 31.1 Å². The van der Waals surface area contributed by atoms with E-state index in [-0.39, 0.29) is 17.4 Å². The molecule has 0 aliphatic heterocycles. The maximum Gasteiger partial charge on any atom is 0.237 e. The van der Waals surface area contributed by atoms with Crippen LogP contribution in [0.25, 0.3) is 0 Å². The molecule has 1 rings (SSSR count). The van der Waals surface area contributed by atoms with Crippen LogP contribution in [0.4, 0.5) is 0 Å². The van der Waals surface area contributed by atoms with Gasteiger partial charge in [0, 0.05) is 6.04 Å². The van der Waals surface area contributed by atoms with E-state index < -0.39 is 6.04 Å². The van der Waals surface area contributed by atoms with Gasteiger partial charge in [-0.3, -0.25) is 4.79 Å². The number of nitrogens with one attached hydrogen (secondary N) is 1. The molecular weight excluding hydrogens is 212 g/mol. The molecule has 1 amide bonds. The summed E-state index contributed by atoms with van der Waals surface area (Å²) in [6, 6.07) is -0.162. The smallest absolute Gasteiger partial charge is 0.237 e. The van der Waals surface area contributed by atoms with E-state index in [2.05, 4.69) is 12.2 Å². The van der Waals surface area contributed by atoms with E-state index in [1.165, 1.54) is 32.1 Å². The Bertz CT molecular complexity index is 251. The molecule has 17 heavy (non-hydrogen) atoms. The molecule has 3 nitrogen and oxygen atoms in total. The minimum absolute atomic E-state index is 0.00410.